The molecule has 0 aliphatic heterocycles. The number of nitrogens with one attached hydrogen (secondary N) is 1. The first-order valence-electron chi connectivity index (χ1n) is 9.52. The van der Waals surface area contributed by atoms with E-state index in [1.165, 1.54) is 19.2 Å². The molecule has 160 valence electrons. The van der Waals surface area contributed by atoms with Gasteiger partial charge in [-0.05, 0) is 43.2 Å². The van der Waals surface area contributed by atoms with Gasteiger partial charge in [0.1, 0.15) is 22.9 Å². The van der Waals surface area contributed by atoms with E-state index in [1.807, 2.05) is 23.1 Å². The van der Waals surface area contributed by atoms with Crippen LogP contribution in [-0.2, 0) is 11.3 Å². The van der Waals surface area contributed by atoms with E-state index in [0.29, 0.717) is 23.8 Å². The van der Waals surface area contributed by atoms with Gasteiger partial charge in [-0.15, -0.1) is 0 Å². The summed E-state index contributed by atoms with van der Waals surface area (Å²) in [5.74, 6) is 1.45. The van der Waals surface area contributed by atoms with Gasteiger partial charge in [-0.3, -0.25) is 19.8 Å². The smallest absolute Gasteiger partial charge is 0.296 e. The summed E-state index contributed by atoms with van der Waals surface area (Å²) >= 11 is 0. The maximum Gasteiger partial charge on any atom is 0.296 e. The Hall–Kier alpha value is -3.33. The van der Waals surface area contributed by atoms with Crippen molar-refractivity contribution in [2.45, 2.75) is 25.4 Å². The van der Waals surface area contributed by atoms with Gasteiger partial charge in [0, 0.05) is 18.2 Å². The van der Waals surface area contributed by atoms with Crippen LogP contribution in [0.5, 0.6) is 17.2 Å². The average molecular weight is 415 g/mol. The topological polar surface area (TPSA) is 103 Å². The number of carbonyl (C=O) groups excluding carboxylic acids is 1. The minimum atomic E-state index is -0.544. The van der Waals surface area contributed by atoms with E-state index in [2.05, 4.69) is 5.32 Å². The monoisotopic (exact) mass is 415 g/mol. The Morgan fingerprint density at radius 1 is 1.10 bits per heavy atom. The molecule has 0 unspecified atom stereocenters. The molecule has 9 heteroatoms. The molecule has 1 fully saturated rings. The molecule has 1 aliphatic rings. The molecule has 0 aromatic heterocycles. The second-order valence-electron chi connectivity index (χ2n) is 7.00. The van der Waals surface area contributed by atoms with Crippen LogP contribution in [0.2, 0.25) is 0 Å². The third-order valence-corrected chi connectivity index (χ3v) is 4.95. The average Bonchev–Trinajstić information content (AvgIpc) is 3.58. The quantitative estimate of drug-likeness (QED) is 0.469. The minimum Gasteiger partial charge on any atom is -0.497 e. The largest absolute Gasteiger partial charge is 0.497 e. The number of hydrogen-bond acceptors (Lipinski definition) is 7. The first-order valence-corrected chi connectivity index (χ1v) is 9.52. The standard InChI is InChI=1S/C21H25N3O6/c1-28-16-7-9-20(30-3)14(10-16)12-23(15-4-5-15)13-21(25)22-18-8-6-17(29-2)11-19(18)24(26)27/h6-11,15H,4-5,12-13H2,1-3H3,(H,22,25). The molecule has 0 heterocycles. The molecule has 1 aliphatic carbocycles. The molecule has 0 saturated heterocycles. The summed E-state index contributed by atoms with van der Waals surface area (Å²) in [5, 5.41) is 14.0. The number of anilines is 1. The van der Waals surface area contributed by atoms with Crippen molar-refractivity contribution in [2.24, 2.45) is 0 Å². The maximum atomic E-state index is 12.7. The molecule has 1 amide bonds. The Labute approximate surface area is 174 Å². The van der Waals surface area contributed by atoms with Gasteiger partial charge in [0.2, 0.25) is 5.91 Å². The number of ether oxygens (including phenoxy) is 3. The van der Waals surface area contributed by atoms with Crippen LogP contribution < -0.4 is 19.5 Å². The normalized spacial score (nSPS) is 13.1. The molecule has 2 aromatic rings. The molecule has 9 nitrogen and oxygen atoms in total. The van der Waals surface area contributed by atoms with Crippen molar-refractivity contribution in [2.75, 3.05) is 33.2 Å². The zero-order chi connectivity index (χ0) is 21.7. The van der Waals surface area contributed by atoms with Gasteiger partial charge in [0.25, 0.3) is 5.69 Å². The molecular formula is C21H25N3O6. The van der Waals surface area contributed by atoms with Crippen molar-refractivity contribution in [1.29, 1.82) is 0 Å². The number of hydrogen-bond donors (Lipinski definition) is 1. The second-order valence-corrected chi connectivity index (χ2v) is 7.00. The molecular weight excluding hydrogens is 390 g/mol. The van der Waals surface area contributed by atoms with E-state index in [0.717, 1.165) is 18.4 Å². The number of methoxy groups -OCH3 is 3. The van der Waals surface area contributed by atoms with Crippen molar-refractivity contribution < 1.29 is 23.9 Å². The summed E-state index contributed by atoms with van der Waals surface area (Å²) in [5.41, 5.74) is 0.836. The van der Waals surface area contributed by atoms with Gasteiger partial charge in [0.15, 0.2) is 0 Å². The van der Waals surface area contributed by atoms with Gasteiger partial charge in [0.05, 0.1) is 38.9 Å². The number of benzene rings is 2. The van der Waals surface area contributed by atoms with E-state index >= 15 is 0 Å². The van der Waals surface area contributed by atoms with Crippen LogP contribution in [0.4, 0.5) is 11.4 Å². The number of nitrogens with zero attached hydrogens (tertiary/aromatic N) is 2. The Bertz CT molecular complexity index is 929. The molecule has 3 rings (SSSR count). The minimum absolute atomic E-state index is 0.105. The lowest BCUT2D eigenvalue weighted by Crippen LogP contribution is -2.34. The number of amides is 1. The summed E-state index contributed by atoms with van der Waals surface area (Å²) in [7, 11) is 4.62. The van der Waals surface area contributed by atoms with Crippen LogP contribution in [0.25, 0.3) is 0 Å². The van der Waals surface area contributed by atoms with Gasteiger partial charge in [-0.2, -0.15) is 0 Å². The highest BCUT2D eigenvalue weighted by Crippen LogP contribution is 2.32. The Morgan fingerprint density at radius 2 is 1.77 bits per heavy atom. The predicted molar refractivity (Wildman–Crippen MR) is 111 cm³/mol. The van der Waals surface area contributed by atoms with E-state index in [-0.39, 0.29) is 29.9 Å². The van der Waals surface area contributed by atoms with Crippen LogP contribution in [0.15, 0.2) is 36.4 Å². The van der Waals surface area contributed by atoms with E-state index in [1.54, 1.807) is 20.3 Å². The summed E-state index contributed by atoms with van der Waals surface area (Å²) in [4.78, 5) is 25.5. The van der Waals surface area contributed by atoms with Crippen molar-refractivity contribution >= 4 is 17.3 Å². The molecule has 2 aromatic carbocycles. The van der Waals surface area contributed by atoms with Gasteiger partial charge in [-0.1, -0.05) is 0 Å². The van der Waals surface area contributed by atoms with Crippen molar-refractivity contribution in [3.63, 3.8) is 0 Å². The van der Waals surface area contributed by atoms with Gasteiger partial charge >= 0.3 is 0 Å². The molecule has 1 saturated carbocycles. The number of rotatable bonds is 10. The fourth-order valence-electron chi connectivity index (χ4n) is 3.25. The lowest BCUT2D eigenvalue weighted by molar-refractivity contribution is -0.384. The number of nitro benzene ring substituents is 1. The molecule has 30 heavy (non-hydrogen) atoms. The van der Waals surface area contributed by atoms with Crippen molar-refractivity contribution in [3.05, 3.63) is 52.1 Å². The summed E-state index contributed by atoms with van der Waals surface area (Å²) in [6, 6.07) is 10.2. The summed E-state index contributed by atoms with van der Waals surface area (Å²) in [6.07, 6.45) is 2.00. The fraction of sp³-hybridized carbons (Fsp3) is 0.381. The lowest BCUT2D eigenvalue weighted by atomic mass is 10.1. The van der Waals surface area contributed by atoms with Crippen LogP contribution in [0, 0.1) is 10.1 Å². The summed E-state index contributed by atoms with van der Waals surface area (Å²) in [6.45, 7) is 0.609. The highest BCUT2D eigenvalue weighted by Gasteiger charge is 2.31. The Kier molecular flexibility index (Phi) is 6.73. The van der Waals surface area contributed by atoms with Crippen molar-refractivity contribution in [3.8, 4) is 17.2 Å². The second kappa shape index (κ2) is 9.45. The highest BCUT2D eigenvalue weighted by molar-refractivity contribution is 5.94. The predicted octanol–water partition coefficient (Wildman–Crippen LogP) is 3.22. The third kappa shape index (κ3) is 5.18. The van der Waals surface area contributed by atoms with E-state index in [9.17, 15) is 14.9 Å². The number of carbonyl (C=O) groups is 1. The Balaban J connectivity index is 1.74. The molecule has 0 spiro atoms. The van der Waals surface area contributed by atoms with Crippen LogP contribution >= 0.6 is 0 Å². The van der Waals surface area contributed by atoms with E-state index < -0.39 is 4.92 Å². The lowest BCUT2D eigenvalue weighted by Gasteiger charge is -2.23. The zero-order valence-corrected chi connectivity index (χ0v) is 17.2. The van der Waals surface area contributed by atoms with Gasteiger partial charge < -0.3 is 19.5 Å². The first kappa shape index (κ1) is 21.4. The number of nitro groups is 1. The molecule has 0 atom stereocenters. The van der Waals surface area contributed by atoms with Crippen LogP contribution in [0.3, 0.4) is 0 Å². The van der Waals surface area contributed by atoms with Gasteiger partial charge in [-0.25, -0.2) is 0 Å². The summed E-state index contributed by atoms with van der Waals surface area (Å²) < 4.78 is 15.8. The molecule has 0 bridgehead atoms. The molecule has 1 N–H and O–H groups in total. The Morgan fingerprint density at radius 3 is 2.37 bits per heavy atom. The fourth-order valence-corrected chi connectivity index (χ4v) is 3.25. The van der Waals surface area contributed by atoms with E-state index in [4.69, 9.17) is 14.2 Å². The third-order valence-electron chi connectivity index (χ3n) is 4.95. The highest BCUT2D eigenvalue weighted by atomic mass is 16.6. The van der Waals surface area contributed by atoms with Crippen molar-refractivity contribution in [1.82, 2.24) is 4.90 Å². The molecule has 0 radical (unpaired) electrons. The first-order chi connectivity index (χ1) is 14.4. The maximum absolute atomic E-state index is 12.7. The zero-order valence-electron chi connectivity index (χ0n) is 17.2. The SMILES string of the molecule is COc1ccc(OC)c(CN(CC(=O)Nc2ccc(OC)cc2[N+](=O)[O-])C2CC2)c1. The van der Waals surface area contributed by atoms with Crippen LogP contribution in [0.1, 0.15) is 18.4 Å². The van der Waals surface area contributed by atoms with Crippen LogP contribution in [-0.4, -0.2) is 49.6 Å².